The van der Waals surface area contributed by atoms with Gasteiger partial charge in [0.15, 0.2) is 0 Å². The van der Waals surface area contributed by atoms with Crippen LogP contribution >= 0.6 is 11.6 Å². The fraction of sp³-hybridized carbons (Fsp3) is 0.190. The van der Waals surface area contributed by atoms with Gasteiger partial charge in [-0.2, -0.15) is 0 Å². The number of hydrogen-bond acceptors (Lipinski definition) is 4. The molecule has 0 aliphatic rings. The number of carbonyl (C=O) groups excluding carboxylic acids is 1. The van der Waals surface area contributed by atoms with Crippen LogP contribution in [0.3, 0.4) is 0 Å². The Morgan fingerprint density at radius 1 is 1.14 bits per heavy atom. The van der Waals surface area contributed by atoms with Crippen LogP contribution in [-0.4, -0.2) is 27.0 Å². The molecule has 3 rings (SSSR count). The van der Waals surface area contributed by atoms with Gasteiger partial charge in [-0.1, -0.05) is 23.7 Å². The van der Waals surface area contributed by atoms with Gasteiger partial charge in [0.05, 0.1) is 6.54 Å². The number of benzene rings is 2. The third kappa shape index (κ3) is 5.04. The summed E-state index contributed by atoms with van der Waals surface area (Å²) in [6, 6.07) is 12.9. The Morgan fingerprint density at radius 3 is 2.46 bits per heavy atom. The lowest BCUT2D eigenvalue weighted by Crippen LogP contribution is -2.35. The maximum absolute atomic E-state index is 13.0. The van der Waals surface area contributed by atoms with E-state index >= 15 is 0 Å². The van der Waals surface area contributed by atoms with Crippen molar-refractivity contribution in [2.24, 2.45) is 0 Å². The molecule has 0 unspecified atom stereocenters. The molecule has 7 heteroatoms. The van der Waals surface area contributed by atoms with Crippen LogP contribution < -0.4 is 0 Å². The predicted octanol–water partition coefficient (Wildman–Crippen LogP) is 4.98. The van der Waals surface area contributed by atoms with Gasteiger partial charge in [0, 0.05) is 22.7 Å². The highest BCUT2D eigenvalue weighted by Crippen LogP contribution is 2.21. The van der Waals surface area contributed by atoms with Crippen molar-refractivity contribution >= 4 is 23.6 Å². The SMILES string of the molecule is CC(C)N(Cc1nnc(-c2ccc(Cl)cc2)o1)C(=O)C=Cc1ccc(F)cc1. The van der Waals surface area contributed by atoms with Crippen molar-refractivity contribution in [3.63, 3.8) is 0 Å². The maximum Gasteiger partial charge on any atom is 0.247 e. The molecule has 0 bridgehead atoms. The number of halogens is 2. The summed E-state index contributed by atoms with van der Waals surface area (Å²) in [6.45, 7) is 3.99. The zero-order chi connectivity index (χ0) is 20.1. The van der Waals surface area contributed by atoms with Crippen LogP contribution in [0.15, 0.2) is 59.0 Å². The van der Waals surface area contributed by atoms with Crippen LogP contribution in [0, 0.1) is 5.82 Å². The number of carbonyl (C=O) groups is 1. The molecule has 5 nitrogen and oxygen atoms in total. The molecule has 0 saturated heterocycles. The third-order valence-corrected chi connectivity index (χ3v) is 4.31. The first kappa shape index (κ1) is 19.8. The molecule has 3 aromatic rings. The predicted molar refractivity (Wildman–Crippen MR) is 106 cm³/mol. The van der Waals surface area contributed by atoms with E-state index in [-0.39, 0.29) is 24.3 Å². The Bertz CT molecular complexity index is 966. The fourth-order valence-corrected chi connectivity index (χ4v) is 2.65. The lowest BCUT2D eigenvalue weighted by Gasteiger charge is -2.23. The van der Waals surface area contributed by atoms with Gasteiger partial charge < -0.3 is 9.32 Å². The van der Waals surface area contributed by atoms with Gasteiger partial charge in [0.1, 0.15) is 5.82 Å². The number of amides is 1. The highest BCUT2D eigenvalue weighted by atomic mass is 35.5. The van der Waals surface area contributed by atoms with Gasteiger partial charge in [-0.3, -0.25) is 4.79 Å². The van der Waals surface area contributed by atoms with E-state index in [0.29, 0.717) is 16.8 Å². The average Bonchev–Trinajstić information content (AvgIpc) is 3.14. The van der Waals surface area contributed by atoms with Crippen LogP contribution in [0.2, 0.25) is 5.02 Å². The van der Waals surface area contributed by atoms with Gasteiger partial charge in [0.2, 0.25) is 17.7 Å². The first-order valence-electron chi connectivity index (χ1n) is 8.75. The highest BCUT2D eigenvalue weighted by Gasteiger charge is 2.19. The van der Waals surface area contributed by atoms with Gasteiger partial charge >= 0.3 is 0 Å². The molecular formula is C21H19ClFN3O2. The van der Waals surface area contributed by atoms with E-state index in [4.69, 9.17) is 16.0 Å². The van der Waals surface area contributed by atoms with E-state index in [1.807, 2.05) is 13.8 Å². The molecule has 0 spiro atoms. The number of aromatic nitrogens is 2. The summed E-state index contributed by atoms with van der Waals surface area (Å²) in [5, 5.41) is 8.70. The molecule has 0 N–H and O–H groups in total. The van der Waals surface area contributed by atoms with Crippen LogP contribution in [0.1, 0.15) is 25.3 Å². The molecule has 144 valence electrons. The van der Waals surface area contributed by atoms with Crippen LogP contribution in [0.4, 0.5) is 4.39 Å². The standard InChI is InChI=1S/C21H19ClFN3O2/c1-14(2)26(20(27)12-5-15-3-10-18(23)11-4-15)13-19-24-25-21(28-19)16-6-8-17(22)9-7-16/h3-12,14H,13H2,1-2H3. The normalized spacial score (nSPS) is 11.3. The Morgan fingerprint density at radius 2 is 1.82 bits per heavy atom. The summed E-state index contributed by atoms with van der Waals surface area (Å²) < 4.78 is 18.7. The quantitative estimate of drug-likeness (QED) is 0.548. The summed E-state index contributed by atoms with van der Waals surface area (Å²) in [4.78, 5) is 14.2. The van der Waals surface area contributed by atoms with E-state index in [1.165, 1.54) is 18.2 Å². The second-order valence-electron chi connectivity index (χ2n) is 6.45. The Hall–Kier alpha value is -2.99. The van der Waals surface area contributed by atoms with E-state index in [9.17, 15) is 9.18 Å². The molecule has 2 aromatic carbocycles. The van der Waals surface area contributed by atoms with Gasteiger partial charge in [0.25, 0.3) is 0 Å². The van der Waals surface area contributed by atoms with Gasteiger partial charge in [-0.15, -0.1) is 10.2 Å². The minimum absolute atomic E-state index is 0.0729. The summed E-state index contributed by atoms with van der Waals surface area (Å²) >= 11 is 5.89. The molecule has 0 atom stereocenters. The van der Waals surface area contributed by atoms with E-state index < -0.39 is 0 Å². The van der Waals surface area contributed by atoms with Gasteiger partial charge in [-0.25, -0.2) is 4.39 Å². The zero-order valence-electron chi connectivity index (χ0n) is 15.5. The van der Waals surface area contributed by atoms with Crippen molar-refractivity contribution in [3.8, 4) is 11.5 Å². The Balaban J connectivity index is 1.71. The second kappa shape index (κ2) is 8.80. The summed E-state index contributed by atoms with van der Waals surface area (Å²) in [5.74, 6) is 0.178. The molecule has 1 heterocycles. The molecular weight excluding hydrogens is 381 g/mol. The number of hydrogen-bond donors (Lipinski definition) is 0. The van der Waals surface area contributed by atoms with Crippen LogP contribution in [0.25, 0.3) is 17.5 Å². The van der Waals surface area contributed by atoms with Crippen molar-refractivity contribution < 1.29 is 13.6 Å². The van der Waals surface area contributed by atoms with Crippen molar-refractivity contribution in [2.75, 3.05) is 0 Å². The molecule has 0 saturated carbocycles. The summed E-state index contributed by atoms with van der Waals surface area (Å²) in [5.41, 5.74) is 1.49. The lowest BCUT2D eigenvalue weighted by molar-refractivity contribution is -0.128. The lowest BCUT2D eigenvalue weighted by atomic mass is 10.2. The van der Waals surface area contributed by atoms with Crippen molar-refractivity contribution in [1.29, 1.82) is 0 Å². The average molecular weight is 400 g/mol. The molecule has 0 aliphatic carbocycles. The van der Waals surface area contributed by atoms with Gasteiger partial charge in [-0.05, 0) is 61.9 Å². The Labute approximate surface area is 167 Å². The smallest absolute Gasteiger partial charge is 0.247 e. The van der Waals surface area contributed by atoms with Crippen LogP contribution in [-0.2, 0) is 11.3 Å². The monoisotopic (exact) mass is 399 g/mol. The topological polar surface area (TPSA) is 59.2 Å². The zero-order valence-corrected chi connectivity index (χ0v) is 16.2. The highest BCUT2D eigenvalue weighted by molar-refractivity contribution is 6.30. The first-order chi connectivity index (χ1) is 13.4. The minimum Gasteiger partial charge on any atom is -0.419 e. The molecule has 0 aliphatic heterocycles. The largest absolute Gasteiger partial charge is 0.419 e. The summed E-state index contributed by atoms with van der Waals surface area (Å²) in [6.07, 6.45) is 3.09. The first-order valence-corrected chi connectivity index (χ1v) is 9.13. The summed E-state index contributed by atoms with van der Waals surface area (Å²) in [7, 11) is 0. The van der Waals surface area contributed by atoms with E-state index in [2.05, 4.69) is 10.2 Å². The molecule has 28 heavy (non-hydrogen) atoms. The van der Waals surface area contributed by atoms with E-state index in [1.54, 1.807) is 47.4 Å². The fourth-order valence-electron chi connectivity index (χ4n) is 2.52. The van der Waals surface area contributed by atoms with Crippen molar-refractivity contribution in [1.82, 2.24) is 15.1 Å². The molecule has 0 fully saturated rings. The number of rotatable bonds is 6. The third-order valence-electron chi connectivity index (χ3n) is 4.06. The van der Waals surface area contributed by atoms with E-state index in [0.717, 1.165) is 11.1 Å². The molecule has 1 aromatic heterocycles. The number of nitrogens with zero attached hydrogens (tertiary/aromatic N) is 3. The Kier molecular flexibility index (Phi) is 6.21. The maximum atomic E-state index is 13.0. The minimum atomic E-state index is -0.319. The molecule has 0 radical (unpaired) electrons. The van der Waals surface area contributed by atoms with Crippen LogP contribution in [0.5, 0.6) is 0 Å². The second-order valence-corrected chi connectivity index (χ2v) is 6.89. The van der Waals surface area contributed by atoms with Crippen molar-refractivity contribution in [2.45, 2.75) is 26.4 Å². The molecule has 1 amide bonds. The van der Waals surface area contributed by atoms with Crippen molar-refractivity contribution in [3.05, 3.63) is 76.9 Å².